The first-order valence-corrected chi connectivity index (χ1v) is 6.77. The van der Waals surface area contributed by atoms with Gasteiger partial charge in [0.05, 0.1) is 12.2 Å². The van der Waals surface area contributed by atoms with Crippen LogP contribution in [0.15, 0.2) is 12.1 Å². The van der Waals surface area contributed by atoms with Crippen LogP contribution in [0.5, 0.6) is 0 Å². The molecule has 0 unspecified atom stereocenters. The van der Waals surface area contributed by atoms with E-state index in [1.54, 1.807) is 0 Å². The van der Waals surface area contributed by atoms with E-state index < -0.39 is 23.4 Å². The van der Waals surface area contributed by atoms with Gasteiger partial charge in [-0.1, -0.05) is 0 Å². The maximum atomic E-state index is 13.4. The van der Waals surface area contributed by atoms with Crippen LogP contribution in [0.25, 0.3) is 0 Å². The van der Waals surface area contributed by atoms with Crippen LogP contribution in [0, 0.1) is 23.4 Å². The molecule has 0 bridgehead atoms. The summed E-state index contributed by atoms with van der Waals surface area (Å²) >= 11 is 0. The summed E-state index contributed by atoms with van der Waals surface area (Å²) in [5, 5.41) is 11.3. The molecule has 1 saturated heterocycles. The molecule has 0 aliphatic carbocycles. The summed E-state index contributed by atoms with van der Waals surface area (Å²) in [6.45, 7) is 1.52. The number of anilines is 1. The van der Waals surface area contributed by atoms with Crippen molar-refractivity contribution in [2.24, 2.45) is 5.92 Å². The molecule has 1 aromatic carbocycles. The van der Waals surface area contributed by atoms with Crippen LogP contribution in [0.3, 0.4) is 0 Å². The molecule has 1 aromatic rings. The molecule has 4 nitrogen and oxygen atoms in total. The van der Waals surface area contributed by atoms with Crippen LogP contribution < -0.4 is 5.32 Å². The Morgan fingerprint density at radius 3 is 2.52 bits per heavy atom. The van der Waals surface area contributed by atoms with Crippen LogP contribution in [0.1, 0.15) is 12.8 Å². The molecule has 0 saturated carbocycles. The summed E-state index contributed by atoms with van der Waals surface area (Å²) in [6, 6.07) is 1.75. The van der Waals surface area contributed by atoms with Gasteiger partial charge < -0.3 is 10.4 Å². The third kappa shape index (κ3) is 3.95. The number of piperidine rings is 1. The third-order valence-electron chi connectivity index (χ3n) is 3.64. The van der Waals surface area contributed by atoms with Gasteiger partial charge in [0.2, 0.25) is 5.91 Å². The van der Waals surface area contributed by atoms with E-state index in [1.165, 1.54) is 0 Å². The maximum absolute atomic E-state index is 13.4. The fourth-order valence-corrected chi connectivity index (χ4v) is 2.34. The van der Waals surface area contributed by atoms with Crippen LogP contribution in [-0.2, 0) is 4.79 Å². The van der Waals surface area contributed by atoms with Crippen molar-refractivity contribution in [3.63, 3.8) is 0 Å². The van der Waals surface area contributed by atoms with Crippen LogP contribution >= 0.6 is 0 Å². The van der Waals surface area contributed by atoms with Gasteiger partial charge in [-0.15, -0.1) is 0 Å². The highest BCUT2D eigenvalue weighted by atomic mass is 19.2. The van der Waals surface area contributed by atoms with E-state index in [0.717, 1.165) is 25.0 Å². The highest BCUT2D eigenvalue weighted by molar-refractivity contribution is 5.92. The molecule has 7 heteroatoms. The molecule has 116 valence electrons. The summed E-state index contributed by atoms with van der Waals surface area (Å²) < 4.78 is 39.3. The first-order chi connectivity index (χ1) is 10.0. The van der Waals surface area contributed by atoms with Crippen molar-refractivity contribution in [3.05, 3.63) is 29.6 Å². The van der Waals surface area contributed by atoms with Gasteiger partial charge >= 0.3 is 0 Å². The Kier molecular flexibility index (Phi) is 5.19. The minimum Gasteiger partial charge on any atom is -0.396 e. The monoisotopic (exact) mass is 302 g/mol. The zero-order chi connectivity index (χ0) is 15.4. The quantitative estimate of drug-likeness (QED) is 0.833. The topological polar surface area (TPSA) is 52.6 Å². The number of likely N-dealkylation sites (tertiary alicyclic amines) is 1. The highest BCUT2D eigenvalue weighted by Gasteiger charge is 2.21. The van der Waals surface area contributed by atoms with Crippen LogP contribution in [0.2, 0.25) is 0 Å². The number of aliphatic hydroxyl groups is 1. The lowest BCUT2D eigenvalue weighted by Crippen LogP contribution is -2.39. The molecule has 1 heterocycles. The highest BCUT2D eigenvalue weighted by Crippen LogP contribution is 2.20. The van der Waals surface area contributed by atoms with Gasteiger partial charge in [0.15, 0.2) is 17.5 Å². The second kappa shape index (κ2) is 6.91. The van der Waals surface area contributed by atoms with Crippen molar-refractivity contribution in [3.8, 4) is 0 Å². The van der Waals surface area contributed by atoms with E-state index in [-0.39, 0.29) is 24.8 Å². The SMILES string of the molecule is O=C(CN1CCC(CO)CC1)Nc1ccc(F)c(F)c1F. The largest absolute Gasteiger partial charge is 0.396 e. The minimum absolute atomic E-state index is 0.0522. The number of hydrogen-bond donors (Lipinski definition) is 2. The molecule has 0 spiro atoms. The number of hydrogen-bond acceptors (Lipinski definition) is 3. The number of rotatable bonds is 4. The molecule has 0 aromatic heterocycles. The number of aliphatic hydroxyl groups excluding tert-OH is 1. The molecule has 1 aliphatic heterocycles. The molecule has 21 heavy (non-hydrogen) atoms. The summed E-state index contributed by atoms with van der Waals surface area (Å²) in [7, 11) is 0. The zero-order valence-electron chi connectivity index (χ0n) is 11.4. The van der Waals surface area contributed by atoms with E-state index in [2.05, 4.69) is 5.32 Å². The van der Waals surface area contributed by atoms with Crippen molar-refractivity contribution in [1.82, 2.24) is 4.90 Å². The number of carbonyl (C=O) groups is 1. The number of halogens is 3. The smallest absolute Gasteiger partial charge is 0.238 e. The van der Waals surface area contributed by atoms with Gasteiger partial charge in [0.25, 0.3) is 0 Å². The van der Waals surface area contributed by atoms with E-state index in [9.17, 15) is 18.0 Å². The molecule has 0 radical (unpaired) electrons. The average Bonchev–Trinajstić information content (AvgIpc) is 2.49. The Morgan fingerprint density at radius 2 is 1.90 bits per heavy atom. The summed E-state index contributed by atoms with van der Waals surface area (Å²) in [5.41, 5.74) is -0.371. The predicted octanol–water partition coefficient (Wildman–Crippen LogP) is 1.75. The number of carbonyl (C=O) groups excluding carboxylic acids is 1. The molecule has 2 rings (SSSR count). The van der Waals surface area contributed by atoms with Gasteiger partial charge in [-0.2, -0.15) is 0 Å². The number of amides is 1. The molecule has 2 N–H and O–H groups in total. The van der Waals surface area contributed by atoms with Crippen LogP contribution in [0.4, 0.5) is 18.9 Å². The van der Waals surface area contributed by atoms with Gasteiger partial charge in [0, 0.05) is 6.61 Å². The Labute approximate surface area is 120 Å². The van der Waals surface area contributed by atoms with E-state index in [0.29, 0.717) is 13.1 Å². The van der Waals surface area contributed by atoms with E-state index in [1.807, 2.05) is 4.90 Å². The molecule has 1 aliphatic rings. The van der Waals surface area contributed by atoms with Gasteiger partial charge in [-0.05, 0) is 44.0 Å². The minimum atomic E-state index is -1.60. The second-order valence-electron chi connectivity index (χ2n) is 5.17. The normalized spacial score (nSPS) is 17.0. The number of nitrogens with one attached hydrogen (secondary N) is 1. The Hall–Kier alpha value is -1.60. The van der Waals surface area contributed by atoms with Crippen molar-refractivity contribution >= 4 is 11.6 Å². The zero-order valence-corrected chi connectivity index (χ0v) is 11.4. The lowest BCUT2D eigenvalue weighted by molar-refractivity contribution is -0.117. The summed E-state index contributed by atoms with van der Waals surface area (Å²) in [5.74, 6) is -4.52. The van der Waals surface area contributed by atoms with Crippen LogP contribution in [-0.4, -0.2) is 42.2 Å². The molecular weight excluding hydrogens is 285 g/mol. The fraction of sp³-hybridized carbons (Fsp3) is 0.500. The third-order valence-corrected chi connectivity index (χ3v) is 3.64. The van der Waals surface area contributed by atoms with Crippen molar-refractivity contribution in [2.45, 2.75) is 12.8 Å². The number of nitrogens with zero attached hydrogens (tertiary/aromatic N) is 1. The first-order valence-electron chi connectivity index (χ1n) is 6.77. The van der Waals surface area contributed by atoms with Gasteiger partial charge in [-0.3, -0.25) is 9.69 Å². The summed E-state index contributed by atoms with van der Waals surface area (Å²) in [4.78, 5) is 13.7. The molecule has 0 atom stereocenters. The molecular formula is C14H17F3N2O2. The number of benzene rings is 1. The van der Waals surface area contributed by atoms with Gasteiger partial charge in [-0.25, -0.2) is 13.2 Å². The Bertz CT molecular complexity index is 517. The first kappa shape index (κ1) is 15.8. The average molecular weight is 302 g/mol. The fourth-order valence-electron chi connectivity index (χ4n) is 2.34. The predicted molar refractivity (Wildman–Crippen MR) is 71.2 cm³/mol. The van der Waals surface area contributed by atoms with Crippen molar-refractivity contribution in [1.29, 1.82) is 0 Å². The molecule has 1 fully saturated rings. The van der Waals surface area contributed by atoms with Crippen molar-refractivity contribution < 1.29 is 23.1 Å². The van der Waals surface area contributed by atoms with E-state index >= 15 is 0 Å². The van der Waals surface area contributed by atoms with Crippen molar-refractivity contribution in [2.75, 3.05) is 31.6 Å². The maximum Gasteiger partial charge on any atom is 0.238 e. The van der Waals surface area contributed by atoms with Gasteiger partial charge in [0.1, 0.15) is 0 Å². The lowest BCUT2D eigenvalue weighted by atomic mass is 9.98. The summed E-state index contributed by atoms with van der Waals surface area (Å²) in [6.07, 6.45) is 1.59. The second-order valence-corrected chi connectivity index (χ2v) is 5.17. The lowest BCUT2D eigenvalue weighted by Gasteiger charge is -2.30. The Morgan fingerprint density at radius 1 is 1.24 bits per heavy atom. The van der Waals surface area contributed by atoms with E-state index in [4.69, 9.17) is 5.11 Å². The standard InChI is InChI=1S/C14H17F3N2O2/c15-10-1-2-11(14(17)13(10)16)18-12(21)7-19-5-3-9(8-20)4-6-19/h1-2,9,20H,3-8H2,(H,18,21). The Balaban J connectivity index is 1.89. The molecule has 1 amide bonds.